The first kappa shape index (κ1) is 22.9. The molecule has 0 fully saturated rings. The molecule has 0 aromatic heterocycles. The number of aliphatic hydroxyl groups is 2. The van der Waals surface area contributed by atoms with Crippen LogP contribution in [0, 0.1) is 0 Å². The number of unbranched alkanes of at least 4 members (excludes halogenated alkanes) is 12. The van der Waals surface area contributed by atoms with E-state index in [-0.39, 0.29) is 6.61 Å². The Morgan fingerprint density at radius 1 is 0.739 bits per heavy atom. The van der Waals surface area contributed by atoms with Crippen molar-refractivity contribution in [1.29, 1.82) is 0 Å². The van der Waals surface area contributed by atoms with Gasteiger partial charge < -0.3 is 14.9 Å². The van der Waals surface area contributed by atoms with E-state index >= 15 is 0 Å². The van der Waals surface area contributed by atoms with Crippen LogP contribution in [0.2, 0.25) is 0 Å². The van der Waals surface area contributed by atoms with Crippen LogP contribution in [0.3, 0.4) is 0 Å². The molecule has 0 saturated heterocycles. The van der Waals surface area contributed by atoms with Crippen molar-refractivity contribution < 1.29 is 14.9 Å². The minimum atomic E-state index is -1.07. The van der Waals surface area contributed by atoms with Crippen LogP contribution >= 0.6 is 0 Å². The summed E-state index contributed by atoms with van der Waals surface area (Å²) >= 11 is 0. The van der Waals surface area contributed by atoms with E-state index in [4.69, 9.17) is 4.74 Å². The lowest BCUT2D eigenvalue weighted by Gasteiger charge is -2.24. The molecule has 1 atom stereocenters. The topological polar surface area (TPSA) is 49.7 Å². The monoisotopic (exact) mass is 330 g/mol. The van der Waals surface area contributed by atoms with E-state index < -0.39 is 11.7 Å². The molecule has 3 heteroatoms. The Morgan fingerprint density at radius 3 is 1.52 bits per heavy atom. The summed E-state index contributed by atoms with van der Waals surface area (Å²) in [7, 11) is 0. The van der Waals surface area contributed by atoms with Gasteiger partial charge in [0.05, 0.1) is 12.2 Å². The van der Waals surface area contributed by atoms with Gasteiger partial charge in [0.1, 0.15) is 6.10 Å². The normalized spacial score (nSPS) is 13.4. The van der Waals surface area contributed by atoms with E-state index in [1.54, 1.807) is 13.8 Å². The first-order valence-corrected chi connectivity index (χ1v) is 9.96. The predicted octanol–water partition coefficient (Wildman–Crippen LogP) is 5.23. The van der Waals surface area contributed by atoms with Crippen LogP contribution in [-0.4, -0.2) is 35.1 Å². The van der Waals surface area contributed by atoms with Gasteiger partial charge >= 0.3 is 0 Å². The highest BCUT2D eigenvalue weighted by Crippen LogP contribution is 2.13. The molecule has 3 nitrogen and oxygen atoms in total. The minimum Gasteiger partial charge on any atom is -0.388 e. The van der Waals surface area contributed by atoms with Crippen molar-refractivity contribution in [3.05, 3.63) is 0 Å². The first-order chi connectivity index (χ1) is 11.0. The fourth-order valence-electron chi connectivity index (χ4n) is 2.62. The number of aliphatic hydroxyl groups excluding tert-OH is 1. The van der Waals surface area contributed by atoms with E-state index in [9.17, 15) is 10.2 Å². The van der Waals surface area contributed by atoms with Crippen molar-refractivity contribution >= 4 is 0 Å². The molecule has 23 heavy (non-hydrogen) atoms. The summed E-state index contributed by atoms with van der Waals surface area (Å²) in [6.45, 7) is 6.39. The predicted molar refractivity (Wildman–Crippen MR) is 98.8 cm³/mol. The summed E-state index contributed by atoms with van der Waals surface area (Å²) in [5.41, 5.74) is -1.07. The van der Waals surface area contributed by atoms with Crippen LogP contribution in [0.4, 0.5) is 0 Å². The molecule has 0 saturated carbocycles. The second kappa shape index (κ2) is 15.4. The van der Waals surface area contributed by atoms with Gasteiger partial charge in [0.15, 0.2) is 0 Å². The Kier molecular flexibility index (Phi) is 15.3. The Hall–Kier alpha value is -0.120. The van der Waals surface area contributed by atoms with Crippen molar-refractivity contribution in [3.8, 4) is 0 Å². The van der Waals surface area contributed by atoms with Crippen LogP contribution < -0.4 is 0 Å². The Bertz CT molecular complexity index is 236. The highest BCUT2D eigenvalue weighted by molar-refractivity contribution is 4.75. The Morgan fingerprint density at radius 2 is 1.13 bits per heavy atom. The second-order valence-electron chi connectivity index (χ2n) is 7.49. The van der Waals surface area contributed by atoms with Crippen molar-refractivity contribution in [2.45, 2.75) is 116 Å². The molecule has 0 bridgehead atoms. The van der Waals surface area contributed by atoms with E-state index in [0.717, 1.165) is 6.42 Å². The standard InChI is InChI=1S/C20H42O3/c1-4-5-6-7-8-9-10-11-12-13-14-15-16-17-23-18-19(21)20(2,3)22/h19,21-22H,4-18H2,1-3H3. The fraction of sp³-hybridized carbons (Fsp3) is 1.00. The molecule has 0 heterocycles. The van der Waals surface area contributed by atoms with Gasteiger partial charge in [-0.2, -0.15) is 0 Å². The van der Waals surface area contributed by atoms with Crippen molar-refractivity contribution in [3.63, 3.8) is 0 Å². The lowest BCUT2D eigenvalue weighted by Crippen LogP contribution is -2.39. The zero-order chi connectivity index (χ0) is 17.4. The SMILES string of the molecule is CCCCCCCCCCCCCCCOCC(O)C(C)(C)O. The average Bonchev–Trinajstić information content (AvgIpc) is 2.50. The van der Waals surface area contributed by atoms with E-state index in [1.807, 2.05) is 0 Å². The van der Waals surface area contributed by atoms with Gasteiger partial charge in [-0.1, -0.05) is 84.0 Å². The average molecular weight is 331 g/mol. The molecule has 0 spiro atoms. The van der Waals surface area contributed by atoms with Crippen molar-refractivity contribution in [2.75, 3.05) is 13.2 Å². The van der Waals surface area contributed by atoms with Crippen LogP contribution in [0.5, 0.6) is 0 Å². The van der Waals surface area contributed by atoms with Crippen molar-refractivity contribution in [2.24, 2.45) is 0 Å². The largest absolute Gasteiger partial charge is 0.388 e. The molecule has 140 valence electrons. The molecule has 0 aromatic rings. The van der Waals surface area contributed by atoms with Gasteiger partial charge in [0, 0.05) is 6.61 Å². The lowest BCUT2D eigenvalue weighted by molar-refractivity contribution is -0.0859. The molecular formula is C20H42O3. The molecule has 0 aliphatic carbocycles. The molecule has 1 unspecified atom stereocenters. The van der Waals surface area contributed by atoms with Gasteiger partial charge in [0.2, 0.25) is 0 Å². The lowest BCUT2D eigenvalue weighted by atomic mass is 10.0. The summed E-state index contributed by atoms with van der Waals surface area (Å²) in [5, 5.41) is 19.2. The third-order valence-corrected chi connectivity index (χ3v) is 4.48. The fourth-order valence-corrected chi connectivity index (χ4v) is 2.62. The molecule has 0 aliphatic rings. The van der Waals surface area contributed by atoms with E-state index in [0.29, 0.717) is 6.61 Å². The zero-order valence-electron chi connectivity index (χ0n) is 16.0. The maximum atomic E-state index is 9.61. The molecule has 0 amide bonds. The van der Waals surface area contributed by atoms with Crippen LogP contribution in [0.15, 0.2) is 0 Å². The summed E-state index contributed by atoms with van der Waals surface area (Å²) in [4.78, 5) is 0. The third kappa shape index (κ3) is 16.5. The highest BCUT2D eigenvalue weighted by Gasteiger charge is 2.24. The molecular weight excluding hydrogens is 288 g/mol. The van der Waals surface area contributed by atoms with Crippen LogP contribution in [-0.2, 0) is 4.74 Å². The summed E-state index contributed by atoms with van der Waals surface area (Å²) in [6, 6.07) is 0. The summed E-state index contributed by atoms with van der Waals surface area (Å²) < 4.78 is 5.41. The minimum absolute atomic E-state index is 0.224. The molecule has 0 rings (SSSR count). The van der Waals surface area contributed by atoms with Crippen LogP contribution in [0.25, 0.3) is 0 Å². The highest BCUT2D eigenvalue weighted by atomic mass is 16.5. The van der Waals surface area contributed by atoms with Gasteiger partial charge in [-0.25, -0.2) is 0 Å². The van der Waals surface area contributed by atoms with Crippen molar-refractivity contribution in [1.82, 2.24) is 0 Å². The number of ether oxygens (including phenoxy) is 1. The smallest absolute Gasteiger partial charge is 0.105 e. The number of hydrogen-bond donors (Lipinski definition) is 2. The first-order valence-electron chi connectivity index (χ1n) is 9.96. The number of rotatable bonds is 17. The van der Waals surface area contributed by atoms with Gasteiger partial charge in [-0.3, -0.25) is 0 Å². The Labute approximate surface area is 144 Å². The maximum absolute atomic E-state index is 9.61. The molecule has 0 radical (unpaired) electrons. The summed E-state index contributed by atoms with van der Waals surface area (Å²) in [5.74, 6) is 0. The van der Waals surface area contributed by atoms with E-state index in [2.05, 4.69) is 6.92 Å². The molecule has 2 N–H and O–H groups in total. The summed E-state index contributed by atoms with van der Waals surface area (Å²) in [6.07, 6.45) is 16.7. The molecule has 0 aromatic carbocycles. The van der Waals surface area contributed by atoms with Crippen LogP contribution in [0.1, 0.15) is 104 Å². The second-order valence-corrected chi connectivity index (χ2v) is 7.49. The maximum Gasteiger partial charge on any atom is 0.105 e. The van der Waals surface area contributed by atoms with Gasteiger partial charge in [0.25, 0.3) is 0 Å². The third-order valence-electron chi connectivity index (χ3n) is 4.48. The van der Waals surface area contributed by atoms with Gasteiger partial charge in [-0.05, 0) is 20.3 Å². The quantitative estimate of drug-likeness (QED) is 0.359. The zero-order valence-corrected chi connectivity index (χ0v) is 16.0. The Balaban J connectivity index is 3.11. The van der Waals surface area contributed by atoms with Gasteiger partial charge in [-0.15, -0.1) is 0 Å². The van der Waals surface area contributed by atoms with E-state index in [1.165, 1.54) is 77.0 Å². The number of hydrogen-bond acceptors (Lipinski definition) is 3. The molecule has 0 aliphatic heterocycles.